The molecule has 1 unspecified atom stereocenters. The van der Waals surface area contributed by atoms with Crippen molar-refractivity contribution in [2.75, 3.05) is 0 Å². The number of nitrogens with zero attached hydrogens (tertiary/aromatic N) is 1. The van der Waals surface area contributed by atoms with Crippen molar-refractivity contribution in [3.05, 3.63) is 53.9 Å². The summed E-state index contributed by atoms with van der Waals surface area (Å²) in [5.74, 6) is 0.00921. The quantitative estimate of drug-likeness (QED) is 0.685. The van der Waals surface area contributed by atoms with Crippen LogP contribution in [0.1, 0.15) is 20.7 Å². The third kappa shape index (κ3) is 2.15. The molecule has 76 valence electrons. The lowest BCUT2D eigenvalue weighted by atomic mass is 10.1. The van der Waals surface area contributed by atoms with Gasteiger partial charge in [0.05, 0.1) is 11.8 Å². The average molecular weight is 265 g/mol. The summed E-state index contributed by atoms with van der Waals surface area (Å²) in [4.78, 5) is 11.6. The summed E-state index contributed by atoms with van der Waals surface area (Å²) >= 11 is 3.38. The molecule has 4 heteroatoms. The number of aromatic nitrogens is 2. The van der Waals surface area contributed by atoms with Crippen LogP contribution in [0.4, 0.5) is 0 Å². The molecule has 0 bridgehead atoms. The molecule has 2 rings (SSSR count). The second-order valence-corrected chi connectivity index (χ2v) is 4.04. The number of rotatable bonds is 3. The van der Waals surface area contributed by atoms with Crippen LogP contribution in [0.2, 0.25) is 0 Å². The highest BCUT2D eigenvalue weighted by molar-refractivity contribution is 9.09. The van der Waals surface area contributed by atoms with Crippen LogP contribution in [0.15, 0.2) is 42.7 Å². The molecule has 1 heterocycles. The van der Waals surface area contributed by atoms with E-state index < -0.39 is 0 Å². The van der Waals surface area contributed by atoms with Crippen molar-refractivity contribution in [1.82, 2.24) is 10.2 Å². The van der Waals surface area contributed by atoms with Crippen LogP contribution in [0, 0.1) is 0 Å². The third-order valence-corrected chi connectivity index (χ3v) is 3.05. The zero-order valence-corrected chi connectivity index (χ0v) is 9.44. The number of hydrogen-bond acceptors (Lipinski definition) is 2. The van der Waals surface area contributed by atoms with Gasteiger partial charge in [0.25, 0.3) is 0 Å². The van der Waals surface area contributed by atoms with Crippen molar-refractivity contribution < 1.29 is 4.79 Å². The van der Waals surface area contributed by atoms with Crippen LogP contribution >= 0.6 is 15.9 Å². The van der Waals surface area contributed by atoms with Gasteiger partial charge in [-0.1, -0.05) is 46.3 Å². The average Bonchev–Trinajstić information content (AvgIpc) is 2.82. The molecule has 15 heavy (non-hydrogen) atoms. The Bertz CT molecular complexity index is 439. The molecule has 0 fully saturated rings. The summed E-state index contributed by atoms with van der Waals surface area (Å²) < 4.78 is 0. The number of aromatic amines is 1. The van der Waals surface area contributed by atoms with Gasteiger partial charge in [-0.15, -0.1) is 0 Å². The van der Waals surface area contributed by atoms with E-state index in [2.05, 4.69) is 26.1 Å². The number of carbonyl (C=O) groups excluding carboxylic acids is 1. The summed E-state index contributed by atoms with van der Waals surface area (Å²) in [6, 6.07) is 9.57. The van der Waals surface area contributed by atoms with E-state index in [1.54, 1.807) is 6.20 Å². The van der Waals surface area contributed by atoms with Crippen LogP contribution in [0.5, 0.6) is 0 Å². The molecule has 1 aromatic carbocycles. The predicted molar refractivity (Wildman–Crippen MR) is 61.0 cm³/mol. The number of alkyl halides is 1. The highest BCUT2D eigenvalue weighted by Crippen LogP contribution is 2.26. The molecule has 0 saturated heterocycles. The van der Waals surface area contributed by atoms with Crippen molar-refractivity contribution in [3.63, 3.8) is 0 Å². The van der Waals surface area contributed by atoms with E-state index in [0.717, 1.165) is 5.56 Å². The summed E-state index contributed by atoms with van der Waals surface area (Å²) in [6.07, 6.45) is 3.12. The maximum Gasteiger partial charge on any atom is 0.184 e. The molecule has 0 aliphatic carbocycles. The van der Waals surface area contributed by atoms with Crippen LogP contribution in [0.25, 0.3) is 0 Å². The van der Waals surface area contributed by atoms with E-state index in [9.17, 15) is 4.79 Å². The SMILES string of the molecule is O=C(c1cn[nH]c1)C(Br)c1ccccc1. The molecule has 0 saturated carbocycles. The topological polar surface area (TPSA) is 45.8 Å². The molecule has 1 atom stereocenters. The molecule has 3 nitrogen and oxygen atoms in total. The van der Waals surface area contributed by atoms with Crippen molar-refractivity contribution in [2.45, 2.75) is 4.83 Å². The van der Waals surface area contributed by atoms with E-state index in [0.29, 0.717) is 5.56 Å². The van der Waals surface area contributed by atoms with Gasteiger partial charge in [-0.2, -0.15) is 5.10 Å². The third-order valence-electron chi connectivity index (χ3n) is 2.11. The highest BCUT2D eigenvalue weighted by Gasteiger charge is 2.19. The maximum absolute atomic E-state index is 11.9. The Kier molecular flexibility index (Phi) is 2.97. The molecular weight excluding hydrogens is 256 g/mol. The first-order valence-electron chi connectivity index (χ1n) is 4.51. The van der Waals surface area contributed by atoms with Gasteiger partial charge in [-0.25, -0.2) is 0 Å². The van der Waals surface area contributed by atoms with E-state index in [1.807, 2.05) is 30.3 Å². The van der Waals surface area contributed by atoms with Crippen LogP contribution in [-0.2, 0) is 0 Å². The second-order valence-electron chi connectivity index (χ2n) is 3.12. The summed E-state index contributed by atoms with van der Waals surface area (Å²) in [6.45, 7) is 0. The van der Waals surface area contributed by atoms with Gasteiger partial charge >= 0.3 is 0 Å². The first kappa shape index (κ1) is 10.1. The molecule has 2 aromatic rings. The lowest BCUT2D eigenvalue weighted by Crippen LogP contribution is -2.05. The number of ketones is 1. The van der Waals surface area contributed by atoms with E-state index >= 15 is 0 Å². The fourth-order valence-electron chi connectivity index (χ4n) is 1.31. The maximum atomic E-state index is 11.9. The summed E-state index contributed by atoms with van der Waals surface area (Å²) in [7, 11) is 0. The Morgan fingerprint density at radius 2 is 2.07 bits per heavy atom. The van der Waals surface area contributed by atoms with Crippen molar-refractivity contribution in [3.8, 4) is 0 Å². The number of nitrogens with one attached hydrogen (secondary N) is 1. The first-order chi connectivity index (χ1) is 7.29. The Balaban J connectivity index is 2.23. The van der Waals surface area contributed by atoms with Crippen LogP contribution in [-0.4, -0.2) is 16.0 Å². The number of benzene rings is 1. The van der Waals surface area contributed by atoms with E-state index in [1.165, 1.54) is 6.20 Å². The molecule has 1 N–H and O–H groups in total. The van der Waals surface area contributed by atoms with Gasteiger partial charge in [0, 0.05) is 6.20 Å². The number of Topliss-reactive ketones (excluding diaryl/α,β-unsaturated/α-hetero) is 1. The van der Waals surface area contributed by atoms with E-state index in [4.69, 9.17) is 0 Å². The lowest BCUT2D eigenvalue weighted by Gasteiger charge is -2.06. The monoisotopic (exact) mass is 264 g/mol. The fourth-order valence-corrected chi connectivity index (χ4v) is 1.87. The zero-order valence-electron chi connectivity index (χ0n) is 7.85. The largest absolute Gasteiger partial charge is 0.292 e. The Hall–Kier alpha value is -1.42. The summed E-state index contributed by atoms with van der Waals surface area (Å²) in [5.41, 5.74) is 1.53. The zero-order chi connectivity index (χ0) is 10.7. The van der Waals surface area contributed by atoms with Crippen molar-refractivity contribution in [2.24, 2.45) is 0 Å². The van der Waals surface area contributed by atoms with Crippen molar-refractivity contribution in [1.29, 1.82) is 0 Å². The van der Waals surface area contributed by atoms with Crippen LogP contribution < -0.4 is 0 Å². The molecule has 1 aromatic heterocycles. The Morgan fingerprint density at radius 3 is 2.67 bits per heavy atom. The molecule has 0 aliphatic heterocycles. The number of halogens is 1. The first-order valence-corrected chi connectivity index (χ1v) is 5.42. The molecule has 0 amide bonds. The minimum absolute atomic E-state index is 0.00921. The Morgan fingerprint density at radius 1 is 1.33 bits per heavy atom. The minimum Gasteiger partial charge on any atom is -0.292 e. The molecule has 0 radical (unpaired) electrons. The standard InChI is InChI=1S/C11H9BrN2O/c12-10(8-4-2-1-3-5-8)11(15)9-6-13-14-7-9/h1-7,10H,(H,13,14). The second kappa shape index (κ2) is 4.40. The van der Waals surface area contributed by atoms with Gasteiger partial charge in [0.1, 0.15) is 4.83 Å². The number of carbonyl (C=O) groups is 1. The van der Waals surface area contributed by atoms with Crippen molar-refractivity contribution >= 4 is 21.7 Å². The molecule has 0 spiro atoms. The van der Waals surface area contributed by atoms with Gasteiger partial charge in [-0.3, -0.25) is 9.89 Å². The number of H-pyrrole nitrogens is 1. The van der Waals surface area contributed by atoms with E-state index in [-0.39, 0.29) is 10.6 Å². The summed E-state index contributed by atoms with van der Waals surface area (Å²) in [5, 5.41) is 6.38. The van der Waals surface area contributed by atoms with Gasteiger partial charge in [-0.05, 0) is 5.56 Å². The predicted octanol–water partition coefficient (Wildman–Crippen LogP) is 2.73. The number of hydrogen-bond donors (Lipinski definition) is 1. The highest BCUT2D eigenvalue weighted by atomic mass is 79.9. The fraction of sp³-hybridized carbons (Fsp3) is 0.0909. The van der Waals surface area contributed by atoms with Gasteiger partial charge < -0.3 is 0 Å². The minimum atomic E-state index is -0.309. The van der Waals surface area contributed by atoms with Gasteiger partial charge in [0.15, 0.2) is 5.78 Å². The lowest BCUT2D eigenvalue weighted by molar-refractivity contribution is 0.0991. The normalized spacial score (nSPS) is 12.3. The van der Waals surface area contributed by atoms with Crippen LogP contribution in [0.3, 0.4) is 0 Å². The Labute approximate surface area is 95.6 Å². The smallest absolute Gasteiger partial charge is 0.184 e. The molecular formula is C11H9BrN2O. The van der Waals surface area contributed by atoms with Gasteiger partial charge in [0.2, 0.25) is 0 Å². The molecule has 0 aliphatic rings.